The third-order valence-electron chi connectivity index (χ3n) is 1.37. The second kappa shape index (κ2) is 6.86. The summed E-state index contributed by atoms with van der Waals surface area (Å²) in [5.41, 5.74) is 0. The number of aliphatic carboxylic acids is 1. The Kier molecular flexibility index (Phi) is 7.08. The van der Waals surface area contributed by atoms with Gasteiger partial charge in [-0.05, 0) is 6.92 Å². The zero-order chi connectivity index (χ0) is 9.56. The van der Waals surface area contributed by atoms with Crippen LogP contribution in [-0.4, -0.2) is 34.4 Å². The maximum atomic E-state index is 10.3. The van der Waals surface area contributed by atoms with Gasteiger partial charge in [0, 0.05) is 16.6 Å². The molecule has 1 atom stereocenters. The molecule has 0 saturated heterocycles. The third-order valence-corrected chi connectivity index (χ3v) is 3.20. The van der Waals surface area contributed by atoms with Gasteiger partial charge in [-0.25, -0.2) is 4.79 Å². The van der Waals surface area contributed by atoms with E-state index in [1.807, 2.05) is 0 Å². The van der Waals surface area contributed by atoms with Crippen LogP contribution >= 0.6 is 31.9 Å². The van der Waals surface area contributed by atoms with Crippen molar-refractivity contribution in [3.05, 3.63) is 0 Å². The number of hydrogen-bond acceptors (Lipinski definition) is 2. The first kappa shape index (κ1) is 12.4. The molecule has 3 nitrogen and oxygen atoms in total. The second-order valence-electron chi connectivity index (χ2n) is 2.49. The summed E-state index contributed by atoms with van der Waals surface area (Å²) >= 11 is 6.61. The van der Waals surface area contributed by atoms with Crippen LogP contribution in [0.2, 0.25) is 0 Å². The highest BCUT2D eigenvalue weighted by Crippen LogP contribution is 2.07. The zero-order valence-corrected chi connectivity index (χ0v) is 9.97. The average molecular weight is 304 g/mol. The number of carbonyl (C=O) groups is 1. The maximum absolute atomic E-state index is 10.3. The van der Waals surface area contributed by atoms with Crippen molar-refractivity contribution in [2.75, 3.05) is 17.3 Å². The summed E-state index contributed by atoms with van der Waals surface area (Å²) in [7, 11) is 0. The van der Waals surface area contributed by atoms with Crippen LogP contribution in [0.1, 0.15) is 6.92 Å². The molecule has 0 heterocycles. The van der Waals surface area contributed by atoms with Gasteiger partial charge in [-0.1, -0.05) is 31.9 Å². The van der Waals surface area contributed by atoms with Gasteiger partial charge in [0.2, 0.25) is 0 Å². The largest absolute Gasteiger partial charge is 0.479 e. The normalized spacial score (nSPS) is 13.3. The monoisotopic (exact) mass is 302 g/mol. The molecule has 0 aliphatic rings. The van der Waals surface area contributed by atoms with E-state index in [9.17, 15) is 4.79 Å². The summed E-state index contributed by atoms with van der Waals surface area (Å²) in [5.74, 6) is -0.593. The van der Waals surface area contributed by atoms with Crippen molar-refractivity contribution in [1.29, 1.82) is 0 Å². The van der Waals surface area contributed by atoms with Crippen LogP contribution in [0.25, 0.3) is 0 Å². The molecule has 0 spiro atoms. The number of carboxylic acid groups (broad SMARTS) is 1. The molecule has 0 aromatic rings. The fraction of sp³-hybridized carbons (Fsp3) is 0.857. The first-order valence-electron chi connectivity index (χ1n) is 3.58. The summed E-state index contributed by atoms with van der Waals surface area (Å²) in [5, 5.41) is 10.1. The van der Waals surface area contributed by atoms with Crippen molar-refractivity contribution < 1.29 is 14.6 Å². The summed E-state index contributed by atoms with van der Waals surface area (Å²) in [6.07, 6.45) is -0.717. The molecule has 0 bridgehead atoms. The van der Waals surface area contributed by atoms with Gasteiger partial charge in [-0.3, -0.25) is 0 Å². The molecular weight excluding hydrogens is 292 g/mol. The van der Waals surface area contributed by atoms with Gasteiger partial charge in [-0.15, -0.1) is 0 Å². The van der Waals surface area contributed by atoms with Gasteiger partial charge in [0.05, 0.1) is 6.61 Å². The van der Waals surface area contributed by atoms with E-state index in [1.54, 1.807) is 0 Å². The molecule has 0 aliphatic carbocycles. The van der Waals surface area contributed by atoms with Crippen LogP contribution < -0.4 is 0 Å². The Bertz CT molecular complexity index is 137. The fourth-order valence-electron chi connectivity index (χ4n) is 0.482. The minimum atomic E-state index is -0.919. The number of ether oxygens (including phenoxy) is 1. The second-order valence-corrected chi connectivity index (χ2v) is 3.78. The van der Waals surface area contributed by atoms with E-state index in [0.717, 1.165) is 10.7 Å². The molecule has 1 N–H and O–H groups in total. The van der Waals surface area contributed by atoms with E-state index in [0.29, 0.717) is 12.5 Å². The lowest BCUT2D eigenvalue weighted by atomic mass is 10.2. The van der Waals surface area contributed by atoms with Crippen LogP contribution in [0.15, 0.2) is 0 Å². The van der Waals surface area contributed by atoms with Crippen molar-refractivity contribution in [2.45, 2.75) is 13.0 Å². The minimum Gasteiger partial charge on any atom is -0.479 e. The summed E-state index contributed by atoms with van der Waals surface area (Å²) in [6.45, 7) is 1.99. The molecular formula is C7H12Br2O3. The Labute approximate surface area is 88.7 Å². The predicted molar refractivity (Wildman–Crippen MR) is 54.1 cm³/mol. The number of hydrogen-bond donors (Lipinski definition) is 1. The molecule has 72 valence electrons. The number of halogens is 2. The van der Waals surface area contributed by atoms with Crippen LogP contribution in [0.5, 0.6) is 0 Å². The van der Waals surface area contributed by atoms with Crippen molar-refractivity contribution in [3.63, 3.8) is 0 Å². The Balaban J connectivity index is 3.58. The quantitative estimate of drug-likeness (QED) is 0.762. The van der Waals surface area contributed by atoms with Crippen LogP contribution in [0.4, 0.5) is 0 Å². The van der Waals surface area contributed by atoms with Gasteiger partial charge in [0.1, 0.15) is 0 Å². The first-order chi connectivity index (χ1) is 5.61. The highest BCUT2D eigenvalue weighted by molar-refractivity contribution is 9.09. The molecule has 0 aliphatic heterocycles. The molecule has 12 heavy (non-hydrogen) atoms. The molecule has 1 unspecified atom stereocenters. The van der Waals surface area contributed by atoms with Crippen LogP contribution in [0.3, 0.4) is 0 Å². The number of rotatable bonds is 6. The van der Waals surface area contributed by atoms with Crippen molar-refractivity contribution in [1.82, 2.24) is 0 Å². The lowest BCUT2D eigenvalue weighted by molar-refractivity contribution is -0.149. The number of carboxylic acids is 1. The predicted octanol–water partition coefficient (Wildman–Crippen LogP) is 1.88. The van der Waals surface area contributed by atoms with Crippen LogP contribution in [-0.2, 0) is 9.53 Å². The standard InChI is InChI=1S/C7H12Br2O3/c1-5(7(10)11)12-4-6(2-8)3-9/h5-6H,2-4H2,1H3,(H,10,11). The minimum absolute atomic E-state index is 0.326. The van der Waals surface area contributed by atoms with E-state index in [-0.39, 0.29) is 0 Å². The smallest absolute Gasteiger partial charge is 0.332 e. The van der Waals surface area contributed by atoms with Gasteiger partial charge in [-0.2, -0.15) is 0 Å². The lowest BCUT2D eigenvalue weighted by Gasteiger charge is -2.13. The Hall–Kier alpha value is 0.390. The molecule has 0 fully saturated rings. The Morgan fingerprint density at radius 3 is 2.33 bits per heavy atom. The van der Waals surface area contributed by atoms with Crippen molar-refractivity contribution >= 4 is 37.8 Å². The van der Waals surface area contributed by atoms with Gasteiger partial charge < -0.3 is 9.84 Å². The maximum Gasteiger partial charge on any atom is 0.332 e. The molecule has 0 aromatic heterocycles. The molecule has 0 rings (SSSR count). The average Bonchev–Trinajstić information content (AvgIpc) is 2.05. The lowest BCUT2D eigenvalue weighted by Crippen LogP contribution is -2.24. The number of alkyl halides is 2. The van der Waals surface area contributed by atoms with Gasteiger partial charge in [0.15, 0.2) is 6.10 Å². The zero-order valence-electron chi connectivity index (χ0n) is 6.80. The Morgan fingerprint density at radius 1 is 1.50 bits per heavy atom. The summed E-state index contributed by atoms with van der Waals surface area (Å²) < 4.78 is 5.09. The highest BCUT2D eigenvalue weighted by Gasteiger charge is 2.13. The molecule has 0 aromatic carbocycles. The van der Waals surface area contributed by atoms with Crippen LogP contribution in [0, 0.1) is 5.92 Å². The molecule has 5 heteroatoms. The topological polar surface area (TPSA) is 46.5 Å². The first-order valence-corrected chi connectivity index (χ1v) is 5.82. The molecule has 0 radical (unpaired) electrons. The highest BCUT2D eigenvalue weighted by atomic mass is 79.9. The van der Waals surface area contributed by atoms with E-state index in [1.165, 1.54) is 6.92 Å². The summed E-state index contributed by atoms with van der Waals surface area (Å²) in [4.78, 5) is 10.3. The van der Waals surface area contributed by atoms with Crippen molar-refractivity contribution in [2.24, 2.45) is 5.92 Å². The van der Waals surface area contributed by atoms with E-state index >= 15 is 0 Å². The fourth-order valence-corrected chi connectivity index (χ4v) is 1.93. The van der Waals surface area contributed by atoms with E-state index in [4.69, 9.17) is 9.84 Å². The van der Waals surface area contributed by atoms with E-state index in [2.05, 4.69) is 31.9 Å². The summed E-state index contributed by atoms with van der Waals surface area (Å²) in [6, 6.07) is 0. The third kappa shape index (κ3) is 5.11. The van der Waals surface area contributed by atoms with Gasteiger partial charge in [0.25, 0.3) is 0 Å². The molecule has 0 saturated carbocycles. The molecule has 0 amide bonds. The SMILES string of the molecule is CC(OCC(CBr)CBr)C(=O)O. The van der Waals surface area contributed by atoms with E-state index < -0.39 is 12.1 Å². The Morgan fingerprint density at radius 2 is 2.00 bits per heavy atom. The van der Waals surface area contributed by atoms with Gasteiger partial charge >= 0.3 is 5.97 Å². The van der Waals surface area contributed by atoms with Crippen molar-refractivity contribution in [3.8, 4) is 0 Å².